The van der Waals surface area contributed by atoms with Crippen LogP contribution in [0.1, 0.15) is 40.7 Å². The fraction of sp³-hybridized carbons (Fsp3) is 0.0976. The molecule has 0 bridgehead atoms. The lowest BCUT2D eigenvalue weighted by molar-refractivity contribution is -0.394. The number of terminal acetylenes is 1. The van der Waals surface area contributed by atoms with E-state index in [4.69, 9.17) is 113 Å². The molecule has 12 aromatic rings. The summed E-state index contributed by atoms with van der Waals surface area (Å²) in [4.78, 5) is 21.2. The molecule has 33 heteroatoms. The van der Waals surface area contributed by atoms with Crippen molar-refractivity contribution < 1.29 is 76.2 Å². The fourth-order valence-electron chi connectivity index (χ4n) is 9.48. The topological polar surface area (TPSA) is 215 Å². The van der Waals surface area contributed by atoms with Crippen molar-refractivity contribution in [3.05, 3.63) is 376 Å². The maximum atomic E-state index is 13.3. The zero-order chi connectivity index (χ0) is 84.2. The molecule has 12 rings (SSSR count). The number of thioether (sulfide) groups is 1. The largest absolute Gasteiger partial charge is 0.494 e. The van der Waals surface area contributed by atoms with E-state index in [1.165, 1.54) is 42.0 Å². The predicted molar refractivity (Wildman–Crippen MR) is 439 cm³/mol. The summed E-state index contributed by atoms with van der Waals surface area (Å²) in [5.74, 6) is 5.94. The van der Waals surface area contributed by atoms with Crippen molar-refractivity contribution >= 4 is 147 Å². The lowest BCUT2D eigenvalue weighted by Gasteiger charge is -2.35. The van der Waals surface area contributed by atoms with Gasteiger partial charge >= 0.3 is 22.5 Å². The van der Waals surface area contributed by atoms with Crippen molar-refractivity contribution in [2.24, 2.45) is 0 Å². The summed E-state index contributed by atoms with van der Waals surface area (Å²) in [5.41, 5.74) is -7.45. The van der Waals surface area contributed by atoms with Crippen LogP contribution in [0, 0.1) is 38.4 Å². The van der Waals surface area contributed by atoms with Crippen LogP contribution < -0.4 is 19.0 Å². The molecule has 0 saturated carbocycles. The van der Waals surface area contributed by atoms with Crippen LogP contribution >= 0.6 is 105 Å². The minimum Gasteiger partial charge on any atom is -0.494 e. The van der Waals surface area contributed by atoms with Gasteiger partial charge in [0, 0.05) is 43.2 Å². The first-order valence-electron chi connectivity index (χ1n) is 33.0. The van der Waals surface area contributed by atoms with Gasteiger partial charge in [0.05, 0.1) is 54.1 Å². The molecule has 598 valence electrons. The molecule has 2 N–H and O–H groups in total. The zero-order valence-electron chi connectivity index (χ0n) is 58.9. The second kappa shape index (κ2) is 43.3. The van der Waals surface area contributed by atoms with Crippen LogP contribution in [-0.4, -0.2) is 42.2 Å². The van der Waals surface area contributed by atoms with Crippen molar-refractivity contribution in [3.8, 4) is 35.3 Å². The third-order valence-corrected chi connectivity index (χ3v) is 21.4. The van der Waals surface area contributed by atoms with E-state index in [0.717, 1.165) is 51.8 Å². The summed E-state index contributed by atoms with van der Waals surface area (Å²) >= 11 is 48.6. The number of nitrogens with one attached hydrogen (secondary N) is 1. The number of aliphatic hydroxyl groups is 1. The molecule has 0 aliphatic rings. The molecule has 0 saturated heterocycles. The van der Waals surface area contributed by atoms with Crippen molar-refractivity contribution in [1.82, 2.24) is 0 Å². The molecule has 12 aromatic carbocycles. The first-order valence-corrected chi connectivity index (χ1v) is 39.9. The van der Waals surface area contributed by atoms with Crippen molar-refractivity contribution in [2.45, 2.75) is 59.9 Å². The van der Waals surface area contributed by atoms with Crippen LogP contribution in [-0.2, 0) is 43.7 Å². The Balaban J connectivity index is 0.000000193. The smallest absolute Gasteiger partial charge is 0.418 e. The molecule has 0 aliphatic carbocycles. The quantitative estimate of drug-likeness (QED) is 0.0106. The van der Waals surface area contributed by atoms with Gasteiger partial charge in [-0.25, -0.2) is 12.8 Å². The number of sulfone groups is 1. The van der Waals surface area contributed by atoms with Crippen LogP contribution in [0.3, 0.4) is 0 Å². The van der Waals surface area contributed by atoms with Crippen molar-refractivity contribution in [2.75, 3.05) is 11.9 Å². The van der Waals surface area contributed by atoms with Crippen LogP contribution in [0.5, 0.6) is 23.0 Å². The van der Waals surface area contributed by atoms with Gasteiger partial charge in [-0.1, -0.05) is 202 Å². The van der Waals surface area contributed by atoms with E-state index in [2.05, 4.69) is 5.92 Å². The van der Waals surface area contributed by atoms with Crippen LogP contribution in [0.25, 0.3) is 0 Å². The minimum absolute atomic E-state index is 0.0247. The monoisotopic (exact) mass is 1790 g/mol. The van der Waals surface area contributed by atoms with E-state index in [9.17, 15) is 72.9 Å². The number of para-hydroxylation sites is 1. The highest BCUT2D eigenvalue weighted by Gasteiger charge is 2.50. The van der Waals surface area contributed by atoms with Gasteiger partial charge in [-0.05, 0) is 199 Å². The normalized spacial score (nSPS) is 11.2. The number of rotatable bonds is 20. The molecule has 0 amide bonds. The van der Waals surface area contributed by atoms with Gasteiger partial charge < -0.3 is 24.1 Å². The molecule has 0 aromatic heterocycles. The van der Waals surface area contributed by atoms with E-state index in [-0.39, 0.29) is 28.6 Å². The molecular formula is C82H60Cl8F7N3O12S3. The molecule has 0 fully saturated rings. The van der Waals surface area contributed by atoms with E-state index in [0.29, 0.717) is 54.7 Å². The van der Waals surface area contributed by atoms with Gasteiger partial charge in [0.25, 0.3) is 11.4 Å². The second-order valence-electron chi connectivity index (χ2n) is 23.3. The number of nitro groups is 2. The number of non-ortho nitro benzene ring substituents is 1. The second-order valence-corrected chi connectivity index (χ2v) is 32.3. The standard InChI is InChI=1S/C17H16O2.C14H9Cl5O.C14H6ClF6N3O4.C13H10ClFS.C12H9ClO3S.C12H10O2S/c1-2-3-7-14-18-15-10-12-17(13-11-15)19-16-8-5-4-6-9-16;15-11-5-1-9(2-6-11)13(20,14(17,18)19)10-3-7-12(16)8-4-10;15-9-2-1-6(13(16,17)18)3-10(9)22-12-8(14(19,20)21)4-7(23(25)26)5-11(12)24(27)28;14-11-3-1-10(2-4-11)9-16-13-7-5-12(15)6-8-13;13-10-6-8-11(9-7-10)16-17(14,15)12-4-2-1-3-5-12;13-15(14,11-7-3-1-4-8-11)12-9-5-2-6-10-12/h1,4-6,8-13H,3,7,14H2;1-8,20H;1-5,22H;1-8H,9H2;1-9H;1-10H. The summed E-state index contributed by atoms with van der Waals surface area (Å²) in [5, 5.41) is 36.6. The van der Waals surface area contributed by atoms with Crippen LogP contribution in [0.15, 0.2) is 317 Å². The number of unbranched alkanes of at least 4 members (excludes halogenated alkanes) is 1. The Morgan fingerprint density at radius 3 is 1.37 bits per heavy atom. The number of halogens is 15. The third-order valence-electron chi connectivity index (χ3n) is 15.1. The average Bonchev–Trinajstić information content (AvgIpc) is 0.760. The molecule has 0 spiro atoms. The van der Waals surface area contributed by atoms with Gasteiger partial charge in [0.2, 0.25) is 13.6 Å². The van der Waals surface area contributed by atoms with Gasteiger partial charge in [0.15, 0.2) is 5.60 Å². The molecule has 0 aliphatic heterocycles. The van der Waals surface area contributed by atoms with E-state index >= 15 is 0 Å². The van der Waals surface area contributed by atoms with Gasteiger partial charge in [0.1, 0.15) is 39.4 Å². The first kappa shape index (κ1) is 92.4. The minimum atomic E-state index is -5.30. The molecule has 0 heterocycles. The summed E-state index contributed by atoms with van der Waals surface area (Å²) in [7, 11) is -7.11. The molecule has 0 atom stereocenters. The number of hydrogen-bond donors (Lipinski definition) is 2. The number of benzene rings is 12. The van der Waals surface area contributed by atoms with Crippen LogP contribution in [0.2, 0.25) is 25.1 Å². The summed E-state index contributed by atoms with van der Waals surface area (Å²) in [6.07, 6.45) is -3.37. The Bertz CT molecular complexity index is 5280. The van der Waals surface area contributed by atoms with E-state index in [1.807, 2.05) is 84.2 Å². The number of ether oxygens (including phenoxy) is 2. The fourth-order valence-corrected chi connectivity index (χ4v) is 13.9. The van der Waals surface area contributed by atoms with Gasteiger partial charge in [-0.3, -0.25) is 20.2 Å². The van der Waals surface area contributed by atoms with Crippen LogP contribution in [0.4, 0.5) is 53.5 Å². The number of nitro benzene ring substituents is 2. The SMILES string of the molecule is C#CCCCOc1ccc(Oc2ccccc2)cc1.Fc1ccc(SCc2ccc(Cl)cc2)cc1.O=S(=O)(Oc1ccc(Cl)cc1)c1ccccc1.O=S(=O)(c1ccccc1)c1ccccc1.O=[N+]([O-])c1cc([N+](=O)[O-])c(Nc2cc(C(F)(F)F)ccc2Cl)c(C(F)(F)F)c1.OC(c1ccc(Cl)cc1)(c1ccc(Cl)cc1)C(Cl)(Cl)Cl. The number of anilines is 2. The predicted octanol–water partition coefficient (Wildman–Crippen LogP) is 26.2. The zero-order valence-corrected chi connectivity index (χ0v) is 67.4. The lowest BCUT2D eigenvalue weighted by atomic mass is 9.87. The first-order chi connectivity index (χ1) is 54.4. The number of alkyl halides is 9. The molecule has 115 heavy (non-hydrogen) atoms. The number of nitrogens with zero attached hydrogens (tertiary/aromatic N) is 2. The Kier molecular flexibility index (Phi) is 34.8. The Hall–Kier alpha value is -9.76. The van der Waals surface area contributed by atoms with Gasteiger partial charge in [-0.2, -0.15) is 34.8 Å². The van der Waals surface area contributed by atoms with Crippen molar-refractivity contribution in [3.63, 3.8) is 0 Å². The molecule has 0 radical (unpaired) electrons. The average molecular weight is 1790 g/mol. The Labute approximate surface area is 701 Å². The highest BCUT2D eigenvalue weighted by Crippen LogP contribution is 2.50. The third kappa shape index (κ3) is 28.9. The van der Waals surface area contributed by atoms with E-state index in [1.54, 1.807) is 163 Å². The molecule has 15 nitrogen and oxygen atoms in total. The highest BCUT2D eigenvalue weighted by atomic mass is 35.6. The van der Waals surface area contributed by atoms with Gasteiger partial charge in [-0.15, -0.1) is 24.1 Å². The Morgan fingerprint density at radius 2 is 0.922 bits per heavy atom. The summed E-state index contributed by atoms with van der Waals surface area (Å²) < 4.78 is 153. The molecular weight excluding hydrogens is 1730 g/mol. The summed E-state index contributed by atoms with van der Waals surface area (Å²) in [6, 6.07) is 77.3. The maximum Gasteiger partial charge on any atom is 0.418 e. The summed E-state index contributed by atoms with van der Waals surface area (Å²) in [6.45, 7) is 0.642. The lowest BCUT2D eigenvalue weighted by Crippen LogP contribution is -2.41. The maximum absolute atomic E-state index is 13.3. The number of hydrogen-bond acceptors (Lipinski definition) is 14. The van der Waals surface area contributed by atoms with E-state index < -0.39 is 90.4 Å². The molecule has 0 unspecified atom stereocenters. The Morgan fingerprint density at radius 1 is 0.496 bits per heavy atom. The highest BCUT2D eigenvalue weighted by molar-refractivity contribution is 7.98. The van der Waals surface area contributed by atoms with Crippen molar-refractivity contribution in [1.29, 1.82) is 0 Å².